The summed E-state index contributed by atoms with van der Waals surface area (Å²) in [4.78, 5) is 31.2. The van der Waals surface area contributed by atoms with Crippen LogP contribution >= 0.6 is 0 Å². The van der Waals surface area contributed by atoms with E-state index in [-0.39, 0.29) is 11.8 Å². The average Bonchev–Trinajstić information content (AvgIpc) is 3.00. The third kappa shape index (κ3) is 23.9. The van der Waals surface area contributed by atoms with E-state index < -0.39 is 12.2 Å². The number of hydrogen-bond donors (Lipinski definition) is 0. The van der Waals surface area contributed by atoms with E-state index in [9.17, 15) is 9.59 Å². The van der Waals surface area contributed by atoms with Crippen LogP contribution in [0.3, 0.4) is 0 Å². The summed E-state index contributed by atoms with van der Waals surface area (Å²) in [6.45, 7) is 15.9. The number of rotatable bonds is 32. The first-order valence-electron chi connectivity index (χ1n) is 19.2. The van der Waals surface area contributed by atoms with E-state index in [2.05, 4.69) is 27.7 Å². The largest absolute Gasteiger partial charge is 0.356 e. The minimum atomic E-state index is -0.593. The van der Waals surface area contributed by atoms with Crippen LogP contribution in [0.2, 0.25) is 0 Å². The van der Waals surface area contributed by atoms with Gasteiger partial charge in [-0.3, -0.25) is 9.59 Å². The number of carbonyl (C=O) groups excluding carboxylic acids is 2. The van der Waals surface area contributed by atoms with Crippen LogP contribution in [0.1, 0.15) is 196 Å². The van der Waals surface area contributed by atoms with Crippen molar-refractivity contribution in [3.8, 4) is 0 Å². The van der Waals surface area contributed by atoms with Crippen molar-refractivity contribution in [3.63, 3.8) is 0 Å². The van der Waals surface area contributed by atoms with E-state index in [0.717, 1.165) is 51.9 Å². The Bertz CT molecular complexity index is 542. The maximum atomic E-state index is 13.6. The van der Waals surface area contributed by atoms with Crippen molar-refractivity contribution >= 4 is 11.8 Å². The number of carbonyl (C=O) groups is 2. The van der Waals surface area contributed by atoms with Gasteiger partial charge in [0.05, 0.1) is 0 Å². The number of amides is 2. The van der Waals surface area contributed by atoms with Crippen molar-refractivity contribution in [2.45, 2.75) is 208 Å². The molecule has 2 amide bonds. The van der Waals surface area contributed by atoms with Gasteiger partial charge in [-0.05, 0) is 39.5 Å². The third-order valence-electron chi connectivity index (χ3n) is 8.85. The van der Waals surface area contributed by atoms with Gasteiger partial charge in [0.2, 0.25) is 0 Å². The molecular formula is C38H76N2O3. The van der Waals surface area contributed by atoms with E-state index in [1.807, 2.05) is 23.6 Å². The summed E-state index contributed by atoms with van der Waals surface area (Å²) >= 11 is 0. The van der Waals surface area contributed by atoms with Crippen LogP contribution < -0.4 is 0 Å². The van der Waals surface area contributed by atoms with Gasteiger partial charge in [-0.1, -0.05) is 156 Å². The molecule has 2 atom stereocenters. The molecule has 0 aromatic heterocycles. The van der Waals surface area contributed by atoms with Gasteiger partial charge in [-0.15, -0.1) is 0 Å². The van der Waals surface area contributed by atoms with Gasteiger partial charge in [0.1, 0.15) is 12.2 Å². The second-order valence-corrected chi connectivity index (χ2v) is 13.1. The van der Waals surface area contributed by atoms with Crippen molar-refractivity contribution in [3.05, 3.63) is 0 Å². The monoisotopic (exact) mass is 609 g/mol. The molecule has 0 aromatic carbocycles. The fourth-order valence-electron chi connectivity index (χ4n) is 5.93. The van der Waals surface area contributed by atoms with Gasteiger partial charge in [-0.2, -0.15) is 0 Å². The molecule has 0 saturated heterocycles. The Labute approximate surface area is 269 Å². The van der Waals surface area contributed by atoms with Gasteiger partial charge in [0.15, 0.2) is 0 Å². The van der Waals surface area contributed by atoms with Crippen LogP contribution in [-0.4, -0.2) is 60.0 Å². The zero-order valence-electron chi connectivity index (χ0n) is 30.1. The lowest BCUT2D eigenvalue weighted by atomic mass is 10.1. The predicted molar refractivity (Wildman–Crippen MR) is 187 cm³/mol. The summed E-state index contributed by atoms with van der Waals surface area (Å²) in [6, 6.07) is 0. The lowest BCUT2D eigenvalue weighted by Gasteiger charge is -2.30. The molecule has 0 bridgehead atoms. The maximum Gasteiger partial charge on any atom is 0.251 e. The van der Waals surface area contributed by atoms with E-state index in [0.29, 0.717) is 0 Å². The molecule has 2 unspecified atom stereocenters. The summed E-state index contributed by atoms with van der Waals surface area (Å²) < 4.78 is 6.19. The molecule has 0 fully saturated rings. The molecule has 0 spiro atoms. The molecule has 256 valence electrons. The lowest BCUT2D eigenvalue weighted by molar-refractivity contribution is -0.155. The van der Waals surface area contributed by atoms with Gasteiger partial charge in [-0.25, -0.2) is 0 Å². The van der Waals surface area contributed by atoms with Crippen molar-refractivity contribution in [2.75, 3.05) is 26.2 Å². The Morgan fingerprint density at radius 3 is 0.837 bits per heavy atom. The zero-order chi connectivity index (χ0) is 32.0. The molecule has 0 N–H and O–H groups in total. The van der Waals surface area contributed by atoms with Crippen molar-refractivity contribution in [1.82, 2.24) is 9.80 Å². The Kier molecular flexibility index (Phi) is 30.1. The fourth-order valence-corrected chi connectivity index (χ4v) is 5.93. The molecule has 0 saturated carbocycles. The number of hydrogen-bond acceptors (Lipinski definition) is 3. The summed E-state index contributed by atoms with van der Waals surface area (Å²) in [6.07, 6.45) is 28.1. The van der Waals surface area contributed by atoms with E-state index in [4.69, 9.17) is 4.74 Å². The minimum Gasteiger partial charge on any atom is -0.356 e. The van der Waals surface area contributed by atoms with E-state index in [1.54, 1.807) is 0 Å². The van der Waals surface area contributed by atoms with Crippen LogP contribution in [0.4, 0.5) is 0 Å². The molecule has 5 nitrogen and oxygen atoms in total. The lowest BCUT2D eigenvalue weighted by Crippen LogP contribution is -2.45. The second kappa shape index (κ2) is 30.9. The minimum absolute atomic E-state index is 0.0557. The van der Waals surface area contributed by atoms with Crippen LogP contribution in [0.15, 0.2) is 0 Å². The van der Waals surface area contributed by atoms with Crippen molar-refractivity contribution < 1.29 is 14.3 Å². The topological polar surface area (TPSA) is 49.9 Å². The molecule has 5 heteroatoms. The van der Waals surface area contributed by atoms with E-state index in [1.165, 1.54) is 128 Å². The summed E-state index contributed by atoms with van der Waals surface area (Å²) in [7, 11) is 0. The Morgan fingerprint density at radius 1 is 0.395 bits per heavy atom. The Hall–Kier alpha value is -1.10. The van der Waals surface area contributed by atoms with Gasteiger partial charge in [0.25, 0.3) is 11.8 Å². The molecule has 0 rings (SSSR count). The predicted octanol–water partition coefficient (Wildman–Crippen LogP) is 10.9. The summed E-state index contributed by atoms with van der Waals surface area (Å²) in [5, 5.41) is 0. The van der Waals surface area contributed by atoms with Crippen molar-refractivity contribution in [2.24, 2.45) is 0 Å². The van der Waals surface area contributed by atoms with Gasteiger partial charge >= 0.3 is 0 Å². The van der Waals surface area contributed by atoms with Crippen LogP contribution in [-0.2, 0) is 14.3 Å². The third-order valence-corrected chi connectivity index (χ3v) is 8.85. The van der Waals surface area contributed by atoms with Crippen LogP contribution in [0.5, 0.6) is 0 Å². The molecule has 0 aliphatic carbocycles. The molecule has 0 radical (unpaired) electrons. The zero-order valence-corrected chi connectivity index (χ0v) is 30.1. The first-order chi connectivity index (χ1) is 20.9. The highest BCUT2D eigenvalue weighted by Gasteiger charge is 2.27. The molecule has 0 aliphatic heterocycles. The average molecular weight is 609 g/mol. The Morgan fingerprint density at radius 2 is 0.605 bits per heavy atom. The molecule has 43 heavy (non-hydrogen) atoms. The quantitative estimate of drug-likeness (QED) is 0.0714. The van der Waals surface area contributed by atoms with E-state index >= 15 is 0 Å². The first kappa shape index (κ1) is 41.9. The van der Waals surface area contributed by atoms with Crippen molar-refractivity contribution in [1.29, 1.82) is 0 Å². The number of unbranched alkanes of at least 4 members (excludes halogenated alkanes) is 20. The molecular weight excluding hydrogens is 532 g/mol. The van der Waals surface area contributed by atoms with Gasteiger partial charge in [0, 0.05) is 26.2 Å². The normalized spacial score (nSPS) is 12.8. The first-order valence-corrected chi connectivity index (χ1v) is 19.2. The summed E-state index contributed by atoms with van der Waals surface area (Å²) in [5.41, 5.74) is 0. The number of ether oxygens (including phenoxy) is 1. The number of nitrogens with zero attached hydrogens (tertiary/aromatic N) is 2. The van der Waals surface area contributed by atoms with Crippen LogP contribution in [0, 0.1) is 0 Å². The highest BCUT2D eigenvalue weighted by atomic mass is 16.5. The molecule has 0 heterocycles. The fraction of sp³-hybridized carbons (Fsp3) is 0.947. The van der Waals surface area contributed by atoms with Crippen LogP contribution in [0.25, 0.3) is 0 Å². The SMILES string of the molecule is CCCCCCCCN(CCCCCCCC)C(=O)C(C)OC(C)C(=O)N(CCCCCCCC)CCCCCCCC. The highest BCUT2D eigenvalue weighted by molar-refractivity contribution is 5.83. The maximum absolute atomic E-state index is 13.6. The molecule has 0 aliphatic rings. The highest BCUT2D eigenvalue weighted by Crippen LogP contribution is 2.14. The summed E-state index contributed by atoms with van der Waals surface area (Å²) in [5.74, 6) is 0.111. The smallest absolute Gasteiger partial charge is 0.251 e. The molecule has 0 aromatic rings. The standard InChI is InChI=1S/C38H76N2O3/c1-7-11-15-19-23-27-31-39(32-28-24-20-16-12-8-2)37(41)35(5)43-36(6)38(42)40(33-29-25-21-17-13-9-3)34-30-26-22-18-14-10-4/h35-36H,7-34H2,1-6H3. The van der Waals surface area contributed by atoms with Gasteiger partial charge < -0.3 is 14.5 Å². The Balaban J connectivity index is 5.03. The second-order valence-electron chi connectivity index (χ2n) is 13.1.